The number of carbonyl (C=O) groups is 5. The van der Waals surface area contributed by atoms with Gasteiger partial charge in [0, 0.05) is 12.9 Å². The molecule has 10 nitrogen and oxygen atoms in total. The Morgan fingerprint density at radius 3 is 2.48 bits per heavy atom. The maximum Gasteiger partial charge on any atom is 0.358 e. The van der Waals surface area contributed by atoms with Crippen LogP contribution in [0.1, 0.15) is 27.2 Å². The molecule has 1 unspecified atom stereocenters. The number of hydrogen-bond donors (Lipinski definition) is 1. The molecule has 2 atom stereocenters. The third-order valence-electron chi connectivity index (χ3n) is 4.37. The zero-order valence-electron chi connectivity index (χ0n) is 17.7. The van der Waals surface area contributed by atoms with Gasteiger partial charge in [-0.15, -0.1) is 23.4 Å². The monoisotopic (exact) mass is 476 g/mol. The highest BCUT2D eigenvalue weighted by atomic mass is 35.5. The molecular formula is C19H25ClN2O8S. The maximum atomic E-state index is 12.7. The van der Waals surface area contributed by atoms with Gasteiger partial charge in [0.05, 0.1) is 24.3 Å². The molecule has 1 N–H and O–H groups in total. The Hall–Kier alpha value is -2.11. The van der Waals surface area contributed by atoms with Crippen LogP contribution in [0.5, 0.6) is 0 Å². The summed E-state index contributed by atoms with van der Waals surface area (Å²) < 4.78 is 15.1. The average molecular weight is 477 g/mol. The lowest BCUT2D eigenvalue weighted by Gasteiger charge is -2.49. The van der Waals surface area contributed by atoms with E-state index in [0.717, 1.165) is 0 Å². The topological polar surface area (TPSA) is 128 Å². The van der Waals surface area contributed by atoms with Crippen LogP contribution in [0.25, 0.3) is 0 Å². The third-order valence-corrected chi connectivity index (χ3v) is 6.01. The lowest BCUT2D eigenvalue weighted by molar-refractivity contribution is -0.173. The van der Waals surface area contributed by atoms with Gasteiger partial charge in [0.25, 0.3) is 5.91 Å². The molecule has 0 spiro atoms. The molecule has 31 heavy (non-hydrogen) atoms. The van der Waals surface area contributed by atoms with E-state index in [9.17, 15) is 24.0 Å². The number of alkyl halides is 1. The second-order valence-corrected chi connectivity index (χ2v) is 9.29. The molecule has 1 fully saturated rings. The lowest BCUT2D eigenvalue weighted by Crippen LogP contribution is -2.70. The molecule has 1 saturated heterocycles. The number of hydrogen-bond acceptors (Lipinski definition) is 9. The molecular weight excluding hydrogens is 452 g/mol. The normalized spacial score (nSPS) is 20.5. The van der Waals surface area contributed by atoms with Gasteiger partial charge in [-0.1, -0.05) is 0 Å². The van der Waals surface area contributed by atoms with Crippen molar-refractivity contribution in [2.24, 2.45) is 5.41 Å². The molecule has 0 radical (unpaired) electrons. The quantitative estimate of drug-likeness (QED) is 0.167. The number of carbonyl (C=O) groups excluding carboxylic acids is 5. The van der Waals surface area contributed by atoms with Gasteiger partial charge in [0.15, 0.2) is 5.78 Å². The predicted molar refractivity (Wildman–Crippen MR) is 111 cm³/mol. The summed E-state index contributed by atoms with van der Waals surface area (Å²) in [6.45, 7) is 4.48. The van der Waals surface area contributed by atoms with Gasteiger partial charge < -0.3 is 19.5 Å². The van der Waals surface area contributed by atoms with Gasteiger partial charge in [-0.25, -0.2) is 4.79 Å². The fourth-order valence-corrected chi connectivity index (χ4v) is 4.25. The van der Waals surface area contributed by atoms with Crippen LogP contribution in [0, 0.1) is 5.41 Å². The van der Waals surface area contributed by atoms with Crippen molar-refractivity contribution in [3.63, 3.8) is 0 Å². The van der Waals surface area contributed by atoms with Gasteiger partial charge in [-0.05, 0) is 26.3 Å². The number of thioether (sulfide) groups is 1. The van der Waals surface area contributed by atoms with Crippen LogP contribution in [0.15, 0.2) is 11.3 Å². The van der Waals surface area contributed by atoms with Crippen LogP contribution < -0.4 is 5.32 Å². The number of amides is 2. The van der Waals surface area contributed by atoms with Gasteiger partial charge in [0.1, 0.15) is 17.1 Å². The highest BCUT2D eigenvalue weighted by Gasteiger charge is 2.54. The van der Waals surface area contributed by atoms with E-state index < -0.39 is 59.6 Å². The number of nitrogens with zero attached hydrogens (tertiary/aromatic N) is 1. The average Bonchev–Trinajstić information content (AvgIpc) is 2.70. The number of fused-ring (bicyclic) bond motifs is 1. The zero-order valence-corrected chi connectivity index (χ0v) is 19.3. The molecule has 172 valence electrons. The number of halogens is 1. The minimum absolute atomic E-state index is 0.00439. The fraction of sp³-hybridized carbons (Fsp3) is 0.632. The molecule has 2 aliphatic heterocycles. The fourth-order valence-electron chi connectivity index (χ4n) is 2.83. The van der Waals surface area contributed by atoms with E-state index in [0.29, 0.717) is 11.3 Å². The Balaban J connectivity index is 2.08. The summed E-state index contributed by atoms with van der Waals surface area (Å²) in [4.78, 5) is 61.7. The SMILES string of the molecule is COCC1=C(C(=O)OCOC(=O)C(C)(C)C)N2C(=O)C(NC(=O)CC(=O)CCl)[C@H]2SC1. The maximum absolute atomic E-state index is 12.7. The molecule has 0 aromatic heterocycles. The van der Waals surface area contributed by atoms with Crippen LogP contribution in [-0.2, 0) is 38.2 Å². The molecule has 0 saturated carbocycles. The van der Waals surface area contributed by atoms with Crippen LogP contribution >= 0.6 is 23.4 Å². The third kappa shape index (κ3) is 5.98. The second kappa shape index (κ2) is 10.5. The van der Waals surface area contributed by atoms with Crippen molar-refractivity contribution in [1.29, 1.82) is 0 Å². The number of Topliss-reactive ketones (excluding diaryl/α,β-unsaturated/α-hetero) is 1. The van der Waals surface area contributed by atoms with Crippen molar-refractivity contribution in [3.05, 3.63) is 11.3 Å². The number of ether oxygens (including phenoxy) is 3. The molecule has 2 amide bonds. The molecule has 0 aliphatic carbocycles. The molecule has 2 heterocycles. The number of nitrogens with one attached hydrogen (secondary N) is 1. The standard InChI is InChI=1S/C19H25ClN2O8S/c1-19(2,3)18(27)30-9-29-17(26)14-10(7-28-4)8-31-16-13(15(25)22(14)16)21-12(24)5-11(23)6-20/h13,16H,5-9H2,1-4H3,(H,21,24)/t13?,16-/m1/s1. The number of ketones is 1. The Morgan fingerprint density at radius 1 is 1.23 bits per heavy atom. The Kier molecular flexibility index (Phi) is 8.49. The minimum atomic E-state index is -0.883. The lowest BCUT2D eigenvalue weighted by atomic mass is 9.98. The molecule has 0 aromatic carbocycles. The van der Waals surface area contributed by atoms with E-state index >= 15 is 0 Å². The van der Waals surface area contributed by atoms with Crippen molar-refractivity contribution >= 4 is 52.9 Å². The van der Waals surface area contributed by atoms with E-state index in [2.05, 4.69) is 5.32 Å². The first-order valence-electron chi connectivity index (χ1n) is 9.38. The van der Waals surface area contributed by atoms with E-state index in [1.807, 2.05) is 0 Å². The first-order chi connectivity index (χ1) is 14.5. The highest BCUT2D eigenvalue weighted by molar-refractivity contribution is 8.00. The smallest absolute Gasteiger partial charge is 0.358 e. The number of esters is 2. The summed E-state index contributed by atoms with van der Waals surface area (Å²) in [6.07, 6.45) is -0.427. The molecule has 0 bridgehead atoms. The van der Waals surface area contributed by atoms with Crippen LogP contribution in [0.3, 0.4) is 0 Å². The first kappa shape index (κ1) is 25.2. The largest absolute Gasteiger partial charge is 0.427 e. The van der Waals surface area contributed by atoms with Gasteiger partial charge in [0.2, 0.25) is 12.7 Å². The van der Waals surface area contributed by atoms with Gasteiger partial charge >= 0.3 is 11.9 Å². The Bertz CT molecular complexity index is 807. The summed E-state index contributed by atoms with van der Waals surface area (Å²) >= 11 is 6.74. The summed E-state index contributed by atoms with van der Waals surface area (Å²) in [5, 5.41) is 1.97. The van der Waals surface area contributed by atoms with Crippen molar-refractivity contribution in [3.8, 4) is 0 Å². The molecule has 2 rings (SSSR count). The molecule has 2 aliphatic rings. The summed E-state index contributed by atoms with van der Waals surface area (Å²) in [7, 11) is 1.45. The second-order valence-electron chi connectivity index (χ2n) is 7.92. The van der Waals surface area contributed by atoms with E-state index in [1.165, 1.54) is 23.8 Å². The Labute approximate surface area is 188 Å². The van der Waals surface area contributed by atoms with Crippen molar-refractivity contribution in [2.45, 2.75) is 38.6 Å². The minimum Gasteiger partial charge on any atom is -0.427 e. The van der Waals surface area contributed by atoms with Crippen LogP contribution in [-0.4, -0.2) is 78.0 Å². The number of rotatable bonds is 9. The van der Waals surface area contributed by atoms with Gasteiger partial charge in [-0.3, -0.25) is 24.1 Å². The number of β-lactam (4-membered cyclic amide) rings is 1. The molecule has 12 heteroatoms. The number of methoxy groups -OCH3 is 1. The van der Waals surface area contributed by atoms with Crippen molar-refractivity contribution < 1.29 is 38.2 Å². The summed E-state index contributed by atoms with van der Waals surface area (Å²) in [5.41, 5.74) is -0.223. The van der Waals surface area contributed by atoms with E-state index in [1.54, 1.807) is 20.8 Å². The van der Waals surface area contributed by atoms with Crippen LogP contribution in [0.4, 0.5) is 0 Å². The van der Waals surface area contributed by atoms with Crippen LogP contribution in [0.2, 0.25) is 0 Å². The van der Waals surface area contributed by atoms with E-state index in [-0.39, 0.29) is 18.2 Å². The first-order valence-corrected chi connectivity index (χ1v) is 11.0. The Morgan fingerprint density at radius 2 is 1.90 bits per heavy atom. The van der Waals surface area contributed by atoms with Crippen molar-refractivity contribution in [2.75, 3.05) is 32.1 Å². The van der Waals surface area contributed by atoms with Crippen molar-refractivity contribution in [1.82, 2.24) is 10.2 Å². The van der Waals surface area contributed by atoms with Gasteiger partial charge in [-0.2, -0.15) is 0 Å². The van der Waals surface area contributed by atoms with E-state index in [4.69, 9.17) is 25.8 Å². The predicted octanol–water partition coefficient (Wildman–Crippen LogP) is 0.575. The highest BCUT2D eigenvalue weighted by Crippen LogP contribution is 2.40. The summed E-state index contributed by atoms with van der Waals surface area (Å²) in [5.74, 6) is -2.91. The summed E-state index contributed by atoms with van der Waals surface area (Å²) in [6, 6.07) is -0.883. The zero-order chi connectivity index (χ0) is 23.3. The molecule has 0 aromatic rings.